The number of benzene rings is 2. The maximum absolute atomic E-state index is 14.3. The lowest BCUT2D eigenvalue weighted by Gasteiger charge is -2.15. The Labute approximate surface area is 215 Å². The number of aromatic nitrogens is 1. The lowest BCUT2D eigenvalue weighted by Crippen LogP contribution is -2.42. The Morgan fingerprint density at radius 2 is 1.71 bits per heavy atom. The minimum absolute atomic E-state index is 0.142. The number of aliphatic hydroxyl groups is 2. The van der Waals surface area contributed by atoms with Gasteiger partial charge in [0.1, 0.15) is 23.2 Å². The molecule has 1 aromatic heterocycles. The zero-order valence-corrected chi connectivity index (χ0v) is 20.2. The van der Waals surface area contributed by atoms with E-state index < -0.39 is 58.2 Å². The van der Waals surface area contributed by atoms with Gasteiger partial charge in [-0.05, 0) is 49.1 Å². The summed E-state index contributed by atoms with van der Waals surface area (Å²) >= 11 is 0. The van der Waals surface area contributed by atoms with Gasteiger partial charge in [0.2, 0.25) is 5.78 Å². The summed E-state index contributed by atoms with van der Waals surface area (Å²) in [6.07, 6.45) is 2.40. The summed E-state index contributed by atoms with van der Waals surface area (Å²) in [5.41, 5.74) is -1.20. The van der Waals surface area contributed by atoms with Crippen molar-refractivity contribution in [3.8, 4) is 0 Å². The second kappa shape index (κ2) is 11.5. The third-order valence-electron chi connectivity index (χ3n) is 6.45. The van der Waals surface area contributed by atoms with Crippen LogP contribution >= 0.6 is 0 Å². The maximum Gasteiger partial charge on any atom is 0.292 e. The summed E-state index contributed by atoms with van der Waals surface area (Å²) in [5, 5.41) is 22.9. The van der Waals surface area contributed by atoms with E-state index >= 15 is 0 Å². The summed E-state index contributed by atoms with van der Waals surface area (Å²) < 4.78 is 43.9. The molecule has 3 aromatic rings. The van der Waals surface area contributed by atoms with Gasteiger partial charge in [-0.25, -0.2) is 13.2 Å². The third-order valence-corrected chi connectivity index (χ3v) is 6.45. The van der Waals surface area contributed by atoms with Crippen LogP contribution in [0.3, 0.4) is 0 Å². The summed E-state index contributed by atoms with van der Waals surface area (Å²) in [6.45, 7) is -0.270. The highest BCUT2D eigenvalue weighted by atomic mass is 19.1. The second-order valence-electron chi connectivity index (χ2n) is 9.14. The number of halogens is 3. The van der Waals surface area contributed by atoms with E-state index in [2.05, 4.69) is 5.32 Å². The Kier molecular flexibility index (Phi) is 8.11. The first-order valence-corrected chi connectivity index (χ1v) is 12.0. The molecule has 1 aliphatic carbocycles. The molecule has 1 saturated carbocycles. The molecule has 1 heterocycles. The van der Waals surface area contributed by atoms with Gasteiger partial charge >= 0.3 is 0 Å². The summed E-state index contributed by atoms with van der Waals surface area (Å²) in [4.78, 5) is 37.9. The molecule has 0 bridgehead atoms. The first kappa shape index (κ1) is 26.9. The van der Waals surface area contributed by atoms with Crippen molar-refractivity contribution in [3.05, 3.63) is 111 Å². The largest absolute Gasteiger partial charge is 0.507 e. The van der Waals surface area contributed by atoms with E-state index in [9.17, 15) is 37.8 Å². The van der Waals surface area contributed by atoms with Crippen molar-refractivity contribution in [3.63, 3.8) is 0 Å². The van der Waals surface area contributed by atoms with Crippen LogP contribution in [0.2, 0.25) is 0 Å². The lowest BCUT2D eigenvalue weighted by molar-refractivity contribution is -0.136. The summed E-state index contributed by atoms with van der Waals surface area (Å²) in [7, 11) is 0. The van der Waals surface area contributed by atoms with Gasteiger partial charge in [0.15, 0.2) is 0 Å². The number of aliphatic hydroxyl groups excluding tert-OH is 2. The molecule has 0 saturated heterocycles. The molecule has 38 heavy (non-hydrogen) atoms. The number of carbonyl (C=O) groups excluding carboxylic acids is 2. The molecule has 0 spiro atoms. The normalized spacial score (nSPS) is 17.4. The van der Waals surface area contributed by atoms with Crippen molar-refractivity contribution >= 4 is 17.4 Å². The molecule has 1 amide bonds. The molecular formula is C28H25F3N2O5. The third kappa shape index (κ3) is 6.03. The number of ketones is 1. The van der Waals surface area contributed by atoms with Gasteiger partial charge in [0.05, 0.1) is 24.3 Å². The molecule has 10 heteroatoms. The molecule has 2 aromatic carbocycles. The van der Waals surface area contributed by atoms with E-state index in [0.29, 0.717) is 25.3 Å². The van der Waals surface area contributed by atoms with Crippen LogP contribution in [0.5, 0.6) is 0 Å². The molecule has 198 valence electrons. The average Bonchev–Trinajstić information content (AvgIpc) is 3.28. The predicted octanol–water partition coefficient (Wildman–Crippen LogP) is 3.40. The molecule has 2 atom stereocenters. The van der Waals surface area contributed by atoms with Crippen molar-refractivity contribution in [2.45, 2.75) is 44.4 Å². The van der Waals surface area contributed by atoms with Crippen molar-refractivity contribution < 1.29 is 33.0 Å². The van der Waals surface area contributed by atoms with Crippen LogP contribution in [0.4, 0.5) is 13.2 Å². The SMILES string of the molecule is O=C(C=C(O)c1cc(Cc2c(F)cccc2F)cn(Cc2ccccc2F)c1=O)C(=O)NC1CCCC1O. The second-order valence-corrected chi connectivity index (χ2v) is 9.14. The van der Waals surface area contributed by atoms with Crippen LogP contribution in [0.1, 0.15) is 41.5 Å². The van der Waals surface area contributed by atoms with Crippen molar-refractivity contribution in [2.24, 2.45) is 0 Å². The Balaban J connectivity index is 1.70. The number of carbonyl (C=O) groups is 2. The topological polar surface area (TPSA) is 109 Å². The molecule has 4 rings (SSSR count). The van der Waals surface area contributed by atoms with E-state index in [1.165, 1.54) is 30.5 Å². The average molecular weight is 527 g/mol. The van der Waals surface area contributed by atoms with Gasteiger partial charge in [-0.1, -0.05) is 24.3 Å². The molecule has 0 radical (unpaired) electrons. The molecule has 7 nitrogen and oxygen atoms in total. The van der Waals surface area contributed by atoms with Gasteiger partial charge in [0.25, 0.3) is 11.5 Å². The first-order chi connectivity index (χ1) is 18.1. The Hall–Kier alpha value is -4.18. The van der Waals surface area contributed by atoms with E-state index in [1.807, 2.05) is 0 Å². The number of nitrogens with zero attached hydrogens (tertiary/aromatic N) is 1. The number of pyridine rings is 1. The number of rotatable bonds is 8. The number of amides is 1. The van der Waals surface area contributed by atoms with Gasteiger partial charge in [0, 0.05) is 29.8 Å². The number of nitrogens with one attached hydrogen (secondary N) is 1. The highest BCUT2D eigenvalue weighted by Crippen LogP contribution is 2.20. The summed E-state index contributed by atoms with van der Waals surface area (Å²) in [5.74, 6) is -5.31. The fraction of sp³-hybridized carbons (Fsp3) is 0.250. The fourth-order valence-electron chi connectivity index (χ4n) is 4.43. The van der Waals surface area contributed by atoms with Crippen LogP contribution in [0.15, 0.2) is 65.6 Å². The Morgan fingerprint density at radius 3 is 2.37 bits per heavy atom. The monoisotopic (exact) mass is 526 g/mol. The highest BCUT2D eigenvalue weighted by molar-refractivity contribution is 6.41. The minimum atomic E-state index is -1.16. The molecule has 1 aliphatic rings. The predicted molar refractivity (Wildman–Crippen MR) is 133 cm³/mol. The smallest absolute Gasteiger partial charge is 0.292 e. The van der Waals surface area contributed by atoms with Gasteiger partial charge in [-0.3, -0.25) is 14.4 Å². The molecule has 3 N–H and O–H groups in total. The first-order valence-electron chi connectivity index (χ1n) is 12.0. The fourth-order valence-corrected chi connectivity index (χ4v) is 4.43. The van der Waals surface area contributed by atoms with Crippen LogP contribution < -0.4 is 10.9 Å². The number of hydrogen-bond donors (Lipinski definition) is 3. The molecular weight excluding hydrogens is 501 g/mol. The molecule has 2 unspecified atom stereocenters. The lowest BCUT2D eigenvalue weighted by atomic mass is 10.0. The van der Waals surface area contributed by atoms with E-state index in [4.69, 9.17) is 0 Å². The van der Waals surface area contributed by atoms with Gasteiger partial charge in [-0.15, -0.1) is 0 Å². The Bertz CT molecular complexity index is 1450. The van der Waals surface area contributed by atoms with Gasteiger partial charge in [-0.2, -0.15) is 0 Å². The van der Waals surface area contributed by atoms with Crippen molar-refractivity contribution in [1.82, 2.24) is 9.88 Å². The zero-order valence-electron chi connectivity index (χ0n) is 20.2. The van der Waals surface area contributed by atoms with E-state index in [1.54, 1.807) is 6.07 Å². The zero-order chi connectivity index (χ0) is 27.4. The van der Waals surface area contributed by atoms with E-state index in [0.717, 1.165) is 22.8 Å². The molecule has 1 fully saturated rings. The van der Waals surface area contributed by atoms with Crippen molar-refractivity contribution in [2.75, 3.05) is 0 Å². The maximum atomic E-state index is 14.3. The standard InChI is InChI=1S/C28H25F3N2O5/c29-20-6-2-1-5-17(20)15-33-14-16(11-18-21(30)7-3-8-22(18)31)12-19(28(33)38)25(35)13-26(36)27(37)32-23-9-4-10-24(23)34/h1-3,5-8,12-14,23-24,34-35H,4,9-11,15H2,(H,32,37). The van der Waals surface area contributed by atoms with Crippen LogP contribution in [0.25, 0.3) is 5.76 Å². The van der Waals surface area contributed by atoms with Crippen LogP contribution in [0, 0.1) is 17.5 Å². The molecule has 0 aliphatic heterocycles. The van der Waals surface area contributed by atoms with Crippen LogP contribution in [-0.4, -0.2) is 38.6 Å². The van der Waals surface area contributed by atoms with Crippen molar-refractivity contribution in [1.29, 1.82) is 0 Å². The van der Waals surface area contributed by atoms with Crippen LogP contribution in [-0.2, 0) is 22.6 Å². The quantitative estimate of drug-likeness (QED) is 0.237. The Morgan fingerprint density at radius 1 is 1.03 bits per heavy atom. The summed E-state index contributed by atoms with van der Waals surface area (Å²) in [6, 6.07) is 9.60. The minimum Gasteiger partial charge on any atom is -0.507 e. The highest BCUT2D eigenvalue weighted by Gasteiger charge is 2.28. The van der Waals surface area contributed by atoms with E-state index in [-0.39, 0.29) is 29.7 Å². The number of hydrogen-bond acceptors (Lipinski definition) is 5. The van der Waals surface area contributed by atoms with Gasteiger partial charge < -0.3 is 20.1 Å².